The molecule has 0 aromatic heterocycles. The van der Waals surface area contributed by atoms with E-state index in [4.69, 9.17) is 10.2 Å². The molecular formula is C8H20N4O4. The minimum atomic E-state index is -1.21. The second-order valence-electron chi connectivity index (χ2n) is 2.42. The van der Waals surface area contributed by atoms with Crippen LogP contribution in [0.15, 0.2) is 11.6 Å². The third kappa shape index (κ3) is 15.0. The molecule has 0 spiro atoms. The van der Waals surface area contributed by atoms with E-state index in [1.54, 1.807) is 0 Å². The van der Waals surface area contributed by atoms with Crippen LogP contribution in [0.5, 0.6) is 0 Å². The third-order valence-corrected chi connectivity index (χ3v) is 1.37. The van der Waals surface area contributed by atoms with E-state index in [1.807, 2.05) is 6.92 Å². The molecule has 0 fully saturated rings. The zero-order chi connectivity index (χ0) is 13.6. The monoisotopic (exact) mass is 236 g/mol. The van der Waals surface area contributed by atoms with Crippen LogP contribution >= 0.6 is 0 Å². The minimum Gasteiger partial charge on any atom is -0.478 e. The highest BCUT2D eigenvalue weighted by Crippen LogP contribution is 2.06. The highest BCUT2D eigenvalue weighted by atomic mass is 16.4. The molecule has 0 aromatic rings. The molecule has 0 heterocycles. The summed E-state index contributed by atoms with van der Waals surface area (Å²) in [6.45, 7) is 1.92. The maximum atomic E-state index is 10.4. The van der Waals surface area contributed by atoms with Crippen LogP contribution in [0.1, 0.15) is 26.2 Å². The molecule has 0 saturated carbocycles. The summed E-state index contributed by atoms with van der Waals surface area (Å²) in [5, 5.41) is 16.8. The number of hydrazine groups is 2. The maximum Gasteiger partial charge on any atom is 0.331 e. The number of hydrogen-bond acceptors (Lipinski definition) is 6. The Morgan fingerprint density at radius 1 is 1.12 bits per heavy atom. The number of rotatable bonds is 5. The first-order valence-corrected chi connectivity index (χ1v) is 4.41. The minimum absolute atomic E-state index is 0.0376. The smallest absolute Gasteiger partial charge is 0.331 e. The summed E-state index contributed by atoms with van der Waals surface area (Å²) in [7, 11) is 0. The van der Waals surface area contributed by atoms with E-state index in [9.17, 15) is 9.59 Å². The number of aliphatic carboxylic acids is 2. The summed E-state index contributed by atoms with van der Waals surface area (Å²) in [5.74, 6) is 13.6. The number of carboxylic acid groups (broad SMARTS) is 2. The second kappa shape index (κ2) is 16.0. The number of nitrogens with two attached hydrogens (primary N) is 4. The van der Waals surface area contributed by atoms with Gasteiger partial charge in [0.15, 0.2) is 0 Å². The van der Waals surface area contributed by atoms with Crippen molar-refractivity contribution in [1.29, 1.82) is 0 Å². The van der Waals surface area contributed by atoms with Crippen molar-refractivity contribution in [1.82, 2.24) is 0 Å². The van der Waals surface area contributed by atoms with E-state index in [1.165, 1.54) is 0 Å². The van der Waals surface area contributed by atoms with Gasteiger partial charge in [0, 0.05) is 11.6 Å². The molecule has 0 unspecified atom stereocenters. The molecule has 8 heteroatoms. The largest absolute Gasteiger partial charge is 0.478 e. The fraction of sp³-hybridized carbons (Fsp3) is 0.500. The standard InChI is InChI=1S/C8H12O4.2H4N2/c1-2-3-4-6(8(11)12)5-7(9)10;2*1-2/h5H,2-4H2,1H3,(H,9,10)(H,11,12);2*1-2H2. The molecule has 10 N–H and O–H groups in total. The molecule has 0 rings (SSSR count). The zero-order valence-electron chi connectivity index (χ0n) is 9.22. The lowest BCUT2D eigenvalue weighted by molar-refractivity contribution is -0.135. The Morgan fingerprint density at radius 2 is 1.56 bits per heavy atom. The van der Waals surface area contributed by atoms with Crippen molar-refractivity contribution in [3.8, 4) is 0 Å². The molecule has 0 atom stereocenters. The van der Waals surface area contributed by atoms with Gasteiger partial charge in [-0.3, -0.25) is 23.4 Å². The van der Waals surface area contributed by atoms with Crippen LogP contribution in [0.2, 0.25) is 0 Å². The molecule has 8 nitrogen and oxygen atoms in total. The first-order chi connectivity index (χ1) is 7.57. The van der Waals surface area contributed by atoms with Crippen molar-refractivity contribution in [3.63, 3.8) is 0 Å². The molecule has 0 aliphatic rings. The van der Waals surface area contributed by atoms with Crippen LogP contribution in [0.25, 0.3) is 0 Å². The maximum absolute atomic E-state index is 10.4. The molecular weight excluding hydrogens is 216 g/mol. The summed E-state index contributed by atoms with van der Waals surface area (Å²) >= 11 is 0. The van der Waals surface area contributed by atoms with E-state index in [2.05, 4.69) is 23.4 Å². The van der Waals surface area contributed by atoms with Crippen LogP contribution in [0.3, 0.4) is 0 Å². The van der Waals surface area contributed by atoms with Gasteiger partial charge in [-0.15, -0.1) is 0 Å². The van der Waals surface area contributed by atoms with E-state index < -0.39 is 11.9 Å². The zero-order valence-corrected chi connectivity index (χ0v) is 9.22. The average molecular weight is 236 g/mol. The molecule has 0 bridgehead atoms. The topological polar surface area (TPSA) is 179 Å². The lowest BCUT2D eigenvalue weighted by atomic mass is 10.1. The van der Waals surface area contributed by atoms with Crippen molar-refractivity contribution < 1.29 is 19.8 Å². The van der Waals surface area contributed by atoms with Crippen molar-refractivity contribution >= 4 is 11.9 Å². The van der Waals surface area contributed by atoms with Gasteiger partial charge in [-0.1, -0.05) is 13.3 Å². The fourth-order valence-electron chi connectivity index (χ4n) is 0.757. The highest BCUT2D eigenvalue weighted by Gasteiger charge is 2.07. The average Bonchev–Trinajstić information content (AvgIpc) is 2.29. The fourth-order valence-corrected chi connectivity index (χ4v) is 0.757. The summed E-state index contributed by atoms with van der Waals surface area (Å²) in [6.07, 6.45) is 2.62. The third-order valence-electron chi connectivity index (χ3n) is 1.37. The quantitative estimate of drug-likeness (QED) is 0.198. The molecule has 0 saturated heterocycles. The van der Waals surface area contributed by atoms with Gasteiger partial charge in [0.05, 0.1) is 0 Å². The van der Waals surface area contributed by atoms with E-state index >= 15 is 0 Å². The van der Waals surface area contributed by atoms with Crippen LogP contribution in [-0.4, -0.2) is 22.2 Å². The molecule has 16 heavy (non-hydrogen) atoms. The molecule has 0 aromatic carbocycles. The summed E-state index contributed by atoms with van der Waals surface area (Å²) in [4.78, 5) is 20.5. The number of carboxylic acids is 2. The summed E-state index contributed by atoms with van der Waals surface area (Å²) in [5.41, 5.74) is -0.0376. The molecule has 0 aliphatic heterocycles. The Morgan fingerprint density at radius 3 is 1.81 bits per heavy atom. The predicted octanol–water partition coefficient (Wildman–Crippen LogP) is -1.09. The van der Waals surface area contributed by atoms with Crippen LogP contribution in [0.4, 0.5) is 0 Å². The number of hydrogen-bond donors (Lipinski definition) is 6. The SMILES string of the molecule is CCCCC(=CC(=O)O)C(=O)O.NN.NN. The van der Waals surface area contributed by atoms with Gasteiger partial charge in [-0.25, -0.2) is 9.59 Å². The van der Waals surface area contributed by atoms with Gasteiger partial charge < -0.3 is 10.2 Å². The number of carbonyl (C=O) groups is 2. The molecule has 0 aliphatic carbocycles. The molecule has 0 amide bonds. The van der Waals surface area contributed by atoms with Gasteiger partial charge in [-0.2, -0.15) is 0 Å². The lowest BCUT2D eigenvalue weighted by Gasteiger charge is -1.97. The molecule has 0 radical (unpaired) electrons. The lowest BCUT2D eigenvalue weighted by Crippen LogP contribution is -2.03. The van der Waals surface area contributed by atoms with E-state index in [-0.39, 0.29) is 5.57 Å². The normalized spacial score (nSPS) is 9.19. The Hall–Kier alpha value is -1.48. The first-order valence-electron chi connectivity index (χ1n) is 4.41. The summed E-state index contributed by atoms with van der Waals surface area (Å²) in [6, 6.07) is 0. The highest BCUT2D eigenvalue weighted by molar-refractivity contribution is 5.94. The van der Waals surface area contributed by atoms with Gasteiger partial charge in [-0.05, 0) is 12.8 Å². The van der Waals surface area contributed by atoms with E-state index in [0.29, 0.717) is 12.8 Å². The van der Waals surface area contributed by atoms with Crippen molar-refractivity contribution in [2.75, 3.05) is 0 Å². The molecule has 96 valence electrons. The van der Waals surface area contributed by atoms with Gasteiger partial charge >= 0.3 is 11.9 Å². The number of unbranched alkanes of at least 4 members (excludes halogenated alkanes) is 1. The predicted molar refractivity (Wildman–Crippen MR) is 59.6 cm³/mol. The van der Waals surface area contributed by atoms with Crippen LogP contribution in [0, 0.1) is 0 Å². The summed E-state index contributed by atoms with van der Waals surface area (Å²) < 4.78 is 0. The van der Waals surface area contributed by atoms with Crippen molar-refractivity contribution in [2.45, 2.75) is 26.2 Å². The van der Waals surface area contributed by atoms with Crippen molar-refractivity contribution in [3.05, 3.63) is 11.6 Å². The Kier molecular flexibility index (Phi) is 20.0. The van der Waals surface area contributed by atoms with Gasteiger partial charge in [0.25, 0.3) is 0 Å². The Labute approximate surface area is 93.8 Å². The van der Waals surface area contributed by atoms with Crippen molar-refractivity contribution in [2.24, 2.45) is 23.4 Å². The Balaban J connectivity index is -0.000000376. The van der Waals surface area contributed by atoms with Gasteiger partial charge in [0.2, 0.25) is 0 Å². The van der Waals surface area contributed by atoms with Gasteiger partial charge in [0.1, 0.15) is 0 Å². The van der Waals surface area contributed by atoms with Crippen LogP contribution in [-0.2, 0) is 9.59 Å². The van der Waals surface area contributed by atoms with Crippen LogP contribution < -0.4 is 23.4 Å². The first kappa shape index (κ1) is 20.0. The Bertz CT molecular complexity index is 218. The van der Waals surface area contributed by atoms with E-state index in [0.717, 1.165) is 12.5 Å². The second-order valence-corrected chi connectivity index (χ2v) is 2.42.